The maximum atomic E-state index is 12.9. The van der Waals surface area contributed by atoms with Gasteiger partial charge in [-0.2, -0.15) is 0 Å². The van der Waals surface area contributed by atoms with E-state index in [1.54, 1.807) is 22.8 Å². The summed E-state index contributed by atoms with van der Waals surface area (Å²) in [6.07, 6.45) is 3.82. The smallest absolute Gasteiger partial charge is 0.260 e. The summed E-state index contributed by atoms with van der Waals surface area (Å²) in [5.41, 5.74) is 2.96. The van der Waals surface area contributed by atoms with Crippen LogP contribution >= 0.6 is 0 Å². The summed E-state index contributed by atoms with van der Waals surface area (Å²) in [4.78, 5) is 27.5. The van der Waals surface area contributed by atoms with Gasteiger partial charge in [0.2, 0.25) is 11.8 Å². The van der Waals surface area contributed by atoms with Gasteiger partial charge in [-0.15, -0.1) is 5.10 Å². The number of amides is 2. The third-order valence-electron chi connectivity index (χ3n) is 6.51. The molecule has 4 rings (SSSR count). The molecule has 0 spiro atoms. The van der Waals surface area contributed by atoms with Crippen molar-refractivity contribution in [3.8, 4) is 5.88 Å². The summed E-state index contributed by atoms with van der Waals surface area (Å²) in [6.45, 7) is 1.70. The van der Waals surface area contributed by atoms with E-state index >= 15 is 0 Å². The molecule has 3 aromatic rings. The molecule has 1 fully saturated rings. The van der Waals surface area contributed by atoms with E-state index in [0.717, 1.165) is 6.42 Å². The Kier molecular flexibility index (Phi) is 7.62. The Morgan fingerprint density at radius 2 is 1.62 bits per heavy atom. The first-order chi connectivity index (χ1) is 16.6. The fourth-order valence-electron chi connectivity index (χ4n) is 4.66. The van der Waals surface area contributed by atoms with E-state index in [2.05, 4.69) is 58.9 Å². The molecule has 34 heavy (non-hydrogen) atoms. The van der Waals surface area contributed by atoms with Gasteiger partial charge in [-0.3, -0.25) is 14.3 Å². The predicted molar refractivity (Wildman–Crippen MR) is 131 cm³/mol. The molecule has 1 aliphatic rings. The van der Waals surface area contributed by atoms with Gasteiger partial charge < -0.3 is 15.0 Å². The molecule has 2 aromatic carbocycles. The molecule has 178 valence electrons. The molecule has 1 saturated heterocycles. The molecule has 0 radical (unpaired) electrons. The molecule has 2 amide bonds. The van der Waals surface area contributed by atoms with Gasteiger partial charge in [-0.1, -0.05) is 60.7 Å². The third kappa shape index (κ3) is 5.47. The quantitative estimate of drug-likeness (QED) is 0.557. The monoisotopic (exact) mass is 460 g/mol. The fraction of sp³-hybridized carbons (Fsp3) is 0.370. The molecular weight excluding hydrogens is 428 g/mol. The maximum absolute atomic E-state index is 12.9. The van der Waals surface area contributed by atoms with Gasteiger partial charge in [0.1, 0.15) is 5.56 Å². The van der Waals surface area contributed by atoms with Crippen molar-refractivity contribution in [3.05, 3.63) is 83.6 Å². The Morgan fingerprint density at radius 1 is 1.03 bits per heavy atom. The first kappa shape index (κ1) is 23.5. The highest BCUT2D eigenvalue weighted by molar-refractivity contribution is 5.96. The largest absolute Gasteiger partial charge is 0.479 e. The van der Waals surface area contributed by atoms with Crippen molar-refractivity contribution in [2.24, 2.45) is 13.0 Å². The van der Waals surface area contributed by atoms with Gasteiger partial charge in [0.05, 0.1) is 7.11 Å². The molecule has 1 aromatic heterocycles. The van der Waals surface area contributed by atoms with E-state index in [0.29, 0.717) is 43.9 Å². The predicted octanol–water partition coefficient (Wildman–Crippen LogP) is 3.62. The Hall–Kier alpha value is -3.61. The molecule has 1 N–H and O–H groups in total. The van der Waals surface area contributed by atoms with E-state index in [4.69, 9.17) is 4.74 Å². The molecule has 0 saturated carbocycles. The molecule has 0 aliphatic carbocycles. The molecular formula is C27H32N4O3. The van der Waals surface area contributed by atoms with Crippen molar-refractivity contribution in [3.63, 3.8) is 0 Å². The number of ether oxygens (including phenoxy) is 1. The van der Waals surface area contributed by atoms with Crippen LogP contribution in [0.15, 0.2) is 66.9 Å². The second-order valence-corrected chi connectivity index (χ2v) is 8.75. The Balaban J connectivity index is 1.29. The van der Waals surface area contributed by atoms with Crippen LogP contribution in [0, 0.1) is 5.92 Å². The lowest BCUT2D eigenvalue weighted by Gasteiger charge is -2.31. The summed E-state index contributed by atoms with van der Waals surface area (Å²) in [7, 11) is 3.27. The number of nitrogens with one attached hydrogen (secondary N) is 1. The van der Waals surface area contributed by atoms with Crippen LogP contribution in [-0.2, 0) is 11.8 Å². The van der Waals surface area contributed by atoms with Crippen LogP contribution in [0.5, 0.6) is 5.88 Å². The number of nitrogens with zero attached hydrogens (tertiary/aromatic N) is 3. The SMILES string of the molecule is COc1nn(C)cc1C(=O)N1CCC(C(=O)NCCC(c2ccccc2)c2ccccc2)CC1. The van der Waals surface area contributed by atoms with Crippen molar-refractivity contribution in [2.45, 2.75) is 25.2 Å². The zero-order valence-electron chi connectivity index (χ0n) is 19.8. The van der Waals surface area contributed by atoms with Crippen LogP contribution in [0.25, 0.3) is 0 Å². The number of hydrogen-bond acceptors (Lipinski definition) is 4. The summed E-state index contributed by atoms with van der Waals surface area (Å²) >= 11 is 0. The highest BCUT2D eigenvalue weighted by atomic mass is 16.5. The number of hydrogen-bond donors (Lipinski definition) is 1. The number of benzene rings is 2. The van der Waals surface area contributed by atoms with E-state index in [-0.39, 0.29) is 23.7 Å². The zero-order valence-corrected chi connectivity index (χ0v) is 19.8. The second kappa shape index (κ2) is 11.0. The van der Waals surface area contributed by atoms with Crippen molar-refractivity contribution >= 4 is 11.8 Å². The molecule has 0 unspecified atom stereocenters. The van der Waals surface area contributed by atoms with E-state index < -0.39 is 0 Å². The molecule has 0 atom stereocenters. The van der Waals surface area contributed by atoms with Crippen molar-refractivity contribution in [1.82, 2.24) is 20.0 Å². The zero-order chi connectivity index (χ0) is 23.9. The van der Waals surface area contributed by atoms with E-state index in [9.17, 15) is 9.59 Å². The average Bonchev–Trinajstić information content (AvgIpc) is 3.28. The minimum absolute atomic E-state index is 0.0749. The lowest BCUT2D eigenvalue weighted by atomic mass is 9.88. The van der Waals surface area contributed by atoms with Gasteiger partial charge >= 0.3 is 0 Å². The first-order valence-corrected chi connectivity index (χ1v) is 11.8. The highest BCUT2D eigenvalue weighted by Gasteiger charge is 2.30. The van der Waals surface area contributed by atoms with Crippen molar-refractivity contribution in [2.75, 3.05) is 26.7 Å². The number of rotatable bonds is 8. The van der Waals surface area contributed by atoms with E-state index in [1.165, 1.54) is 18.2 Å². The maximum Gasteiger partial charge on any atom is 0.260 e. The van der Waals surface area contributed by atoms with Crippen LogP contribution in [0.3, 0.4) is 0 Å². The van der Waals surface area contributed by atoms with Gasteiger partial charge in [0.25, 0.3) is 5.91 Å². The summed E-state index contributed by atoms with van der Waals surface area (Å²) < 4.78 is 6.80. The Bertz CT molecular complexity index is 1050. The van der Waals surface area contributed by atoms with Crippen LogP contribution in [0.2, 0.25) is 0 Å². The normalized spacial score (nSPS) is 14.3. The fourth-order valence-corrected chi connectivity index (χ4v) is 4.66. The minimum atomic E-state index is -0.0997. The number of methoxy groups -OCH3 is 1. The number of likely N-dealkylation sites (tertiary alicyclic amines) is 1. The molecule has 7 heteroatoms. The molecule has 7 nitrogen and oxygen atoms in total. The summed E-state index contributed by atoms with van der Waals surface area (Å²) in [5.74, 6) is 0.463. The molecule has 1 aliphatic heterocycles. The topological polar surface area (TPSA) is 76.5 Å². The third-order valence-corrected chi connectivity index (χ3v) is 6.51. The highest BCUT2D eigenvalue weighted by Crippen LogP contribution is 2.28. The van der Waals surface area contributed by atoms with Gasteiger partial charge in [0.15, 0.2) is 0 Å². The number of carbonyl (C=O) groups excluding carboxylic acids is 2. The molecule has 0 bridgehead atoms. The van der Waals surface area contributed by atoms with Crippen LogP contribution in [-0.4, -0.2) is 53.2 Å². The summed E-state index contributed by atoms with van der Waals surface area (Å²) in [6, 6.07) is 20.8. The van der Waals surface area contributed by atoms with E-state index in [1.807, 2.05) is 12.1 Å². The van der Waals surface area contributed by atoms with Gasteiger partial charge in [0, 0.05) is 44.7 Å². The van der Waals surface area contributed by atoms with Crippen molar-refractivity contribution in [1.29, 1.82) is 0 Å². The van der Waals surface area contributed by atoms with Crippen LogP contribution in [0.4, 0.5) is 0 Å². The van der Waals surface area contributed by atoms with Crippen LogP contribution in [0.1, 0.15) is 46.7 Å². The van der Waals surface area contributed by atoms with Crippen LogP contribution < -0.4 is 10.1 Å². The average molecular weight is 461 g/mol. The lowest BCUT2D eigenvalue weighted by molar-refractivity contribution is -0.126. The minimum Gasteiger partial charge on any atom is -0.479 e. The Labute approximate surface area is 200 Å². The number of piperidine rings is 1. The molecule has 2 heterocycles. The lowest BCUT2D eigenvalue weighted by Crippen LogP contribution is -2.43. The van der Waals surface area contributed by atoms with Gasteiger partial charge in [-0.05, 0) is 30.4 Å². The number of carbonyl (C=O) groups is 2. The number of aromatic nitrogens is 2. The van der Waals surface area contributed by atoms with Gasteiger partial charge in [-0.25, -0.2) is 0 Å². The second-order valence-electron chi connectivity index (χ2n) is 8.75. The Morgan fingerprint density at radius 3 is 2.18 bits per heavy atom. The standard InChI is InChI=1S/C27H32N4O3/c1-30-19-24(26(29-30)34-2)27(33)31-17-14-22(15-18-31)25(32)28-16-13-23(20-9-5-3-6-10-20)21-11-7-4-8-12-21/h3-12,19,22-23H,13-18H2,1-2H3,(H,28,32). The first-order valence-electron chi connectivity index (χ1n) is 11.8. The summed E-state index contributed by atoms with van der Waals surface area (Å²) in [5, 5.41) is 7.31. The van der Waals surface area contributed by atoms with Crippen molar-refractivity contribution < 1.29 is 14.3 Å². The number of aryl methyl sites for hydroxylation is 1.